The fraction of sp³-hybridized carbons (Fsp3) is 0.476. The standard InChI is InChI=1S/C21H30O3Si/c1-15-13-14-18(17-12-10-9-11-16(15)17)23-21(5,6)19(22)24-25(7,8)20(2,3)4/h9-14H,1-8H3. The first kappa shape index (κ1) is 19.5. The van der Waals surface area contributed by atoms with Gasteiger partial charge in [0.1, 0.15) is 5.75 Å². The Hall–Kier alpha value is -1.81. The van der Waals surface area contributed by atoms with Gasteiger partial charge in [-0.15, -0.1) is 0 Å². The van der Waals surface area contributed by atoms with Gasteiger partial charge in [0.2, 0.25) is 0 Å². The van der Waals surface area contributed by atoms with E-state index in [0.717, 1.165) is 10.8 Å². The molecule has 0 aliphatic heterocycles. The van der Waals surface area contributed by atoms with Gasteiger partial charge in [-0.2, -0.15) is 0 Å². The molecular weight excluding hydrogens is 328 g/mol. The van der Waals surface area contributed by atoms with Crippen LogP contribution in [0.5, 0.6) is 5.75 Å². The maximum Gasteiger partial charge on any atom is 0.336 e. The highest BCUT2D eigenvalue weighted by Crippen LogP contribution is 2.38. The van der Waals surface area contributed by atoms with E-state index in [4.69, 9.17) is 9.16 Å². The highest BCUT2D eigenvalue weighted by atomic mass is 28.4. The zero-order valence-corrected chi connectivity index (χ0v) is 17.7. The maximum atomic E-state index is 12.8. The molecule has 2 rings (SSSR count). The first-order valence-electron chi connectivity index (χ1n) is 8.76. The number of hydrogen-bond donors (Lipinski definition) is 0. The Kier molecular flexibility index (Phi) is 5.06. The lowest BCUT2D eigenvalue weighted by Crippen LogP contribution is -2.49. The molecule has 136 valence electrons. The van der Waals surface area contributed by atoms with Gasteiger partial charge in [0.05, 0.1) is 0 Å². The Morgan fingerprint density at radius 1 is 0.920 bits per heavy atom. The van der Waals surface area contributed by atoms with E-state index in [-0.39, 0.29) is 11.0 Å². The molecular formula is C21H30O3Si. The fourth-order valence-corrected chi connectivity index (χ4v) is 3.35. The van der Waals surface area contributed by atoms with Gasteiger partial charge >= 0.3 is 5.97 Å². The molecule has 3 nitrogen and oxygen atoms in total. The predicted octanol–water partition coefficient (Wildman–Crippen LogP) is 5.85. The lowest BCUT2D eigenvalue weighted by atomic mass is 10.0. The van der Waals surface area contributed by atoms with Gasteiger partial charge < -0.3 is 9.16 Å². The van der Waals surface area contributed by atoms with Crippen molar-refractivity contribution in [2.75, 3.05) is 0 Å². The normalized spacial score (nSPS) is 13.0. The zero-order chi connectivity index (χ0) is 19.0. The van der Waals surface area contributed by atoms with Crippen molar-refractivity contribution in [3.05, 3.63) is 42.0 Å². The van der Waals surface area contributed by atoms with Crippen molar-refractivity contribution >= 4 is 25.1 Å². The van der Waals surface area contributed by atoms with E-state index in [0.29, 0.717) is 5.75 Å². The Morgan fingerprint density at radius 3 is 2.04 bits per heavy atom. The van der Waals surface area contributed by atoms with Crippen molar-refractivity contribution in [2.24, 2.45) is 0 Å². The number of rotatable bonds is 4. The molecule has 0 aromatic heterocycles. The van der Waals surface area contributed by atoms with Crippen molar-refractivity contribution < 1.29 is 14.0 Å². The van der Waals surface area contributed by atoms with Crippen molar-refractivity contribution in [2.45, 2.75) is 65.3 Å². The van der Waals surface area contributed by atoms with E-state index >= 15 is 0 Å². The summed E-state index contributed by atoms with van der Waals surface area (Å²) in [6.45, 7) is 16.1. The summed E-state index contributed by atoms with van der Waals surface area (Å²) in [5.41, 5.74) is 0.137. The second-order valence-electron chi connectivity index (χ2n) is 8.69. The molecule has 0 saturated heterocycles. The minimum Gasteiger partial charge on any atom is -0.516 e. The molecule has 0 N–H and O–H groups in total. The quantitative estimate of drug-likeness (QED) is 0.643. The van der Waals surface area contributed by atoms with Crippen molar-refractivity contribution in [3.8, 4) is 5.75 Å². The number of fused-ring (bicyclic) bond motifs is 1. The summed E-state index contributed by atoms with van der Waals surface area (Å²) >= 11 is 0. The molecule has 4 heteroatoms. The van der Waals surface area contributed by atoms with Crippen LogP contribution in [0.3, 0.4) is 0 Å². The van der Waals surface area contributed by atoms with E-state index < -0.39 is 13.9 Å². The number of hydrogen-bond acceptors (Lipinski definition) is 3. The molecule has 2 aromatic rings. The SMILES string of the molecule is Cc1ccc(OC(C)(C)C(=O)O[Si](C)(C)C(C)(C)C)c2ccccc12. The number of ether oxygens (including phenoxy) is 1. The van der Waals surface area contributed by atoms with Gasteiger partial charge in [-0.3, -0.25) is 0 Å². The second-order valence-corrected chi connectivity index (χ2v) is 13.4. The Balaban J connectivity index is 2.30. The largest absolute Gasteiger partial charge is 0.516 e. The average molecular weight is 359 g/mol. The number of aryl methyl sites for hydroxylation is 1. The van der Waals surface area contributed by atoms with Crippen LogP contribution < -0.4 is 4.74 Å². The minimum absolute atomic E-state index is 0.0324. The molecule has 0 heterocycles. The summed E-state index contributed by atoms with van der Waals surface area (Å²) in [6.07, 6.45) is 0. The van der Waals surface area contributed by atoms with Crippen LogP contribution in [-0.2, 0) is 9.22 Å². The Morgan fingerprint density at radius 2 is 1.48 bits per heavy atom. The number of benzene rings is 2. The van der Waals surface area contributed by atoms with Crippen LogP contribution in [0.25, 0.3) is 10.8 Å². The summed E-state index contributed by atoms with van der Waals surface area (Å²) in [5.74, 6) is 0.405. The molecule has 0 unspecified atom stereocenters. The van der Waals surface area contributed by atoms with Crippen LogP contribution in [0.15, 0.2) is 36.4 Å². The van der Waals surface area contributed by atoms with E-state index in [1.165, 1.54) is 5.56 Å². The van der Waals surface area contributed by atoms with E-state index in [9.17, 15) is 4.79 Å². The molecule has 0 atom stereocenters. The number of carbonyl (C=O) groups is 1. The van der Waals surface area contributed by atoms with Gasteiger partial charge in [0.15, 0.2) is 5.60 Å². The monoisotopic (exact) mass is 358 g/mol. The molecule has 0 spiro atoms. The molecule has 0 radical (unpaired) electrons. The van der Waals surface area contributed by atoms with Gasteiger partial charge in [-0.05, 0) is 55.9 Å². The van der Waals surface area contributed by atoms with Gasteiger partial charge in [-0.25, -0.2) is 4.79 Å². The first-order valence-corrected chi connectivity index (χ1v) is 11.7. The summed E-state index contributed by atoms with van der Waals surface area (Å²) in [7, 11) is -2.19. The lowest BCUT2D eigenvalue weighted by molar-refractivity contribution is -0.150. The third-order valence-electron chi connectivity index (χ3n) is 5.11. The van der Waals surface area contributed by atoms with Crippen molar-refractivity contribution in [1.29, 1.82) is 0 Å². The zero-order valence-electron chi connectivity index (χ0n) is 16.7. The molecule has 0 bridgehead atoms. The summed E-state index contributed by atoms with van der Waals surface area (Å²) in [5, 5.41) is 2.11. The van der Waals surface area contributed by atoms with Crippen LogP contribution in [-0.4, -0.2) is 19.9 Å². The molecule has 2 aromatic carbocycles. The third-order valence-corrected chi connectivity index (χ3v) is 9.42. The fourth-order valence-electron chi connectivity index (χ4n) is 2.34. The van der Waals surface area contributed by atoms with Gasteiger partial charge in [-0.1, -0.05) is 51.1 Å². The highest BCUT2D eigenvalue weighted by Gasteiger charge is 2.44. The summed E-state index contributed by atoms with van der Waals surface area (Å²) < 4.78 is 12.1. The lowest BCUT2D eigenvalue weighted by Gasteiger charge is -2.38. The van der Waals surface area contributed by atoms with Crippen LogP contribution >= 0.6 is 0 Å². The first-order chi connectivity index (χ1) is 11.3. The van der Waals surface area contributed by atoms with E-state index in [2.05, 4.69) is 46.9 Å². The molecule has 0 saturated carbocycles. The van der Waals surface area contributed by atoms with Gasteiger partial charge in [0, 0.05) is 5.39 Å². The second kappa shape index (κ2) is 6.49. The molecule has 25 heavy (non-hydrogen) atoms. The molecule has 0 amide bonds. The Bertz CT molecular complexity index is 785. The summed E-state index contributed by atoms with van der Waals surface area (Å²) in [6, 6.07) is 12.0. The van der Waals surface area contributed by atoms with E-state index in [1.54, 1.807) is 13.8 Å². The van der Waals surface area contributed by atoms with Crippen LogP contribution in [0.4, 0.5) is 0 Å². The molecule has 0 fully saturated rings. The predicted molar refractivity (Wildman–Crippen MR) is 107 cm³/mol. The van der Waals surface area contributed by atoms with Crippen LogP contribution in [0.1, 0.15) is 40.2 Å². The minimum atomic E-state index is -2.19. The molecule has 0 aliphatic rings. The average Bonchev–Trinajstić information content (AvgIpc) is 2.49. The maximum absolute atomic E-state index is 12.8. The molecule has 0 aliphatic carbocycles. The smallest absolute Gasteiger partial charge is 0.336 e. The van der Waals surface area contributed by atoms with Crippen molar-refractivity contribution in [3.63, 3.8) is 0 Å². The topological polar surface area (TPSA) is 35.5 Å². The Labute approximate surface area is 152 Å². The third kappa shape index (κ3) is 4.06. The van der Waals surface area contributed by atoms with Crippen LogP contribution in [0.2, 0.25) is 18.1 Å². The van der Waals surface area contributed by atoms with Crippen LogP contribution in [0, 0.1) is 6.92 Å². The van der Waals surface area contributed by atoms with Crippen molar-refractivity contribution in [1.82, 2.24) is 0 Å². The number of carbonyl (C=O) groups excluding carboxylic acids is 1. The van der Waals surface area contributed by atoms with E-state index in [1.807, 2.05) is 30.3 Å². The highest BCUT2D eigenvalue weighted by molar-refractivity contribution is 6.75. The summed E-state index contributed by atoms with van der Waals surface area (Å²) in [4.78, 5) is 12.8. The van der Waals surface area contributed by atoms with Gasteiger partial charge in [0.25, 0.3) is 8.32 Å².